The third-order valence-corrected chi connectivity index (χ3v) is 4.08. The number of hydrogen-bond acceptors (Lipinski definition) is 4. The Bertz CT molecular complexity index is 496. The lowest BCUT2D eigenvalue weighted by Crippen LogP contribution is -2.41. The molecule has 0 bridgehead atoms. The lowest BCUT2D eigenvalue weighted by molar-refractivity contribution is 0.00578. The van der Waals surface area contributed by atoms with E-state index in [0.29, 0.717) is 0 Å². The van der Waals surface area contributed by atoms with Crippen molar-refractivity contribution in [1.82, 2.24) is 4.98 Å². The number of hydrogen-bond donors (Lipinski definition) is 1. The highest BCUT2D eigenvalue weighted by atomic mass is 16.7. The van der Waals surface area contributed by atoms with Gasteiger partial charge in [0.1, 0.15) is 0 Å². The second-order valence-corrected chi connectivity index (χ2v) is 6.28. The number of aromatic nitrogens is 1. The van der Waals surface area contributed by atoms with Gasteiger partial charge in [0.05, 0.1) is 11.2 Å². The third-order valence-electron chi connectivity index (χ3n) is 4.08. The SMILES string of the molecule is CC(N)c1cnccc1/C=C/B1OC(C)(C)C(C)(C)O1. The predicted molar refractivity (Wildman–Crippen MR) is 82.0 cm³/mol. The van der Waals surface area contributed by atoms with Gasteiger partial charge >= 0.3 is 7.12 Å². The molecular weight excluding hydrogens is 251 g/mol. The fourth-order valence-electron chi connectivity index (χ4n) is 2.10. The van der Waals surface area contributed by atoms with Gasteiger partial charge in [-0.2, -0.15) is 0 Å². The molecule has 0 aromatic carbocycles. The van der Waals surface area contributed by atoms with Gasteiger partial charge < -0.3 is 15.0 Å². The minimum absolute atomic E-state index is 0.0540. The maximum Gasteiger partial charge on any atom is 0.487 e. The maximum absolute atomic E-state index is 5.95. The highest BCUT2D eigenvalue weighted by Crippen LogP contribution is 2.37. The lowest BCUT2D eigenvalue weighted by atomic mass is 9.88. The molecule has 1 aromatic rings. The molecule has 1 aliphatic rings. The molecule has 4 nitrogen and oxygen atoms in total. The van der Waals surface area contributed by atoms with E-state index in [1.807, 2.05) is 52.7 Å². The highest BCUT2D eigenvalue weighted by Gasteiger charge is 2.49. The summed E-state index contributed by atoms with van der Waals surface area (Å²) in [5.74, 6) is 1.93. The molecule has 1 saturated heterocycles. The normalized spacial score (nSPS) is 22.4. The molecule has 2 heterocycles. The van der Waals surface area contributed by atoms with E-state index in [1.54, 1.807) is 12.4 Å². The monoisotopic (exact) mass is 274 g/mol. The van der Waals surface area contributed by atoms with Crippen LogP contribution in [0, 0.1) is 0 Å². The molecule has 5 heteroatoms. The number of rotatable bonds is 3. The van der Waals surface area contributed by atoms with Crippen molar-refractivity contribution in [2.75, 3.05) is 0 Å². The average molecular weight is 274 g/mol. The molecule has 2 rings (SSSR count). The van der Waals surface area contributed by atoms with Gasteiger partial charge in [-0.05, 0) is 51.8 Å². The van der Waals surface area contributed by atoms with Crippen LogP contribution in [0.3, 0.4) is 0 Å². The van der Waals surface area contributed by atoms with Gasteiger partial charge in [0.15, 0.2) is 0 Å². The highest BCUT2D eigenvalue weighted by molar-refractivity contribution is 6.52. The molecule has 0 saturated carbocycles. The van der Waals surface area contributed by atoms with Gasteiger partial charge in [-0.15, -0.1) is 0 Å². The molecule has 0 radical (unpaired) electrons. The molecular formula is C15H23BN2O2. The number of nitrogens with zero attached hydrogens (tertiary/aromatic N) is 1. The van der Waals surface area contributed by atoms with E-state index in [2.05, 4.69) is 4.98 Å². The fraction of sp³-hybridized carbons (Fsp3) is 0.533. The molecule has 2 N–H and O–H groups in total. The van der Waals surface area contributed by atoms with E-state index >= 15 is 0 Å². The Kier molecular flexibility index (Phi) is 4.05. The van der Waals surface area contributed by atoms with Crippen LogP contribution in [0.15, 0.2) is 24.4 Å². The smallest absolute Gasteiger partial charge is 0.400 e. The first-order chi connectivity index (χ1) is 9.23. The van der Waals surface area contributed by atoms with Crippen molar-refractivity contribution >= 4 is 13.2 Å². The summed E-state index contributed by atoms with van der Waals surface area (Å²) in [4.78, 5) is 4.12. The second kappa shape index (κ2) is 5.32. The van der Waals surface area contributed by atoms with Crippen LogP contribution in [0.1, 0.15) is 51.8 Å². The van der Waals surface area contributed by atoms with E-state index < -0.39 is 0 Å². The molecule has 1 unspecified atom stereocenters. The molecule has 108 valence electrons. The lowest BCUT2D eigenvalue weighted by Gasteiger charge is -2.32. The Morgan fingerprint density at radius 2 is 1.85 bits per heavy atom. The zero-order valence-corrected chi connectivity index (χ0v) is 12.9. The third kappa shape index (κ3) is 2.95. The summed E-state index contributed by atoms with van der Waals surface area (Å²) in [6.45, 7) is 10.1. The first-order valence-electron chi connectivity index (χ1n) is 6.96. The largest absolute Gasteiger partial charge is 0.487 e. The van der Waals surface area contributed by atoms with E-state index in [4.69, 9.17) is 15.0 Å². The molecule has 1 atom stereocenters. The zero-order chi connectivity index (χ0) is 15.0. The van der Waals surface area contributed by atoms with Crippen LogP contribution in [-0.2, 0) is 9.31 Å². The first-order valence-corrected chi connectivity index (χ1v) is 6.96. The molecule has 0 spiro atoms. The van der Waals surface area contributed by atoms with Gasteiger partial charge in [0, 0.05) is 18.4 Å². The molecule has 20 heavy (non-hydrogen) atoms. The van der Waals surface area contributed by atoms with Gasteiger partial charge in [-0.25, -0.2) is 0 Å². The van der Waals surface area contributed by atoms with Crippen LogP contribution in [0.2, 0.25) is 0 Å². The summed E-state index contributed by atoms with van der Waals surface area (Å²) in [7, 11) is -0.339. The van der Waals surface area contributed by atoms with Crippen LogP contribution in [0.25, 0.3) is 6.08 Å². The molecule has 0 amide bonds. The Morgan fingerprint density at radius 1 is 1.25 bits per heavy atom. The van der Waals surface area contributed by atoms with E-state index in [9.17, 15) is 0 Å². The van der Waals surface area contributed by atoms with Crippen molar-refractivity contribution in [3.8, 4) is 0 Å². The van der Waals surface area contributed by atoms with Gasteiger partial charge in [0.25, 0.3) is 0 Å². The zero-order valence-electron chi connectivity index (χ0n) is 12.9. The fourth-order valence-corrected chi connectivity index (χ4v) is 2.10. The number of pyridine rings is 1. The summed E-state index contributed by atoms with van der Waals surface area (Å²) in [5.41, 5.74) is 7.38. The van der Waals surface area contributed by atoms with Crippen LogP contribution in [-0.4, -0.2) is 23.3 Å². The molecule has 0 aliphatic carbocycles. The Morgan fingerprint density at radius 3 is 2.40 bits per heavy atom. The van der Waals surface area contributed by atoms with Gasteiger partial charge in [-0.3, -0.25) is 4.98 Å². The van der Waals surface area contributed by atoms with Crippen LogP contribution < -0.4 is 5.73 Å². The van der Waals surface area contributed by atoms with E-state index in [1.165, 1.54) is 0 Å². The van der Waals surface area contributed by atoms with E-state index in [0.717, 1.165) is 11.1 Å². The van der Waals surface area contributed by atoms with Crippen LogP contribution in [0.4, 0.5) is 0 Å². The Balaban J connectivity index is 2.16. The molecule has 1 fully saturated rings. The molecule has 1 aliphatic heterocycles. The standard InChI is InChI=1S/C15H23BN2O2/c1-11(17)13-10-18-9-7-12(13)6-8-16-19-14(2,3)15(4,5)20-16/h6-11H,17H2,1-5H3/b8-6+. The van der Waals surface area contributed by atoms with Crippen LogP contribution in [0.5, 0.6) is 0 Å². The van der Waals surface area contributed by atoms with Gasteiger partial charge in [-0.1, -0.05) is 12.1 Å². The Hall–Kier alpha value is -1.17. The van der Waals surface area contributed by atoms with Crippen molar-refractivity contribution in [2.24, 2.45) is 5.73 Å². The van der Waals surface area contributed by atoms with Crippen molar-refractivity contribution in [2.45, 2.75) is 51.9 Å². The van der Waals surface area contributed by atoms with Crippen molar-refractivity contribution in [1.29, 1.82) is 0 Å². The first kappa shape index (κ1) is 15.2. The summed E-state index contributed by atoms with van der Waals surface area (Å²) >= 11 is 0. The van der Waals surface area contributed by atoms with E-state index in [-0.39, 0.29) is 24.4 Å². The summed E-state index contributed by atoms with van der Waals surface area (Å²) < 4.78 is 11.9. The van der Waals surface area contributed by atoms with Gasteiger partial charge in [0.2, 0.25) is 0 Å². The topological polar surface area (TPSA) is 57.4 Å². The minimum Gasteiger partial charge on any atom is -0.400 e. The minimum atomic E-state index is -0.339. The van der Waals surface area contributed by atoms with Crippen molar-refractivity contribution < 1.29 is 9.31 Å². The van der Waals surface area contributed by atoms with Crippen LogP contribution >= 0.6 is 0 Å². The maximum atomic E-state index is 5.95. The summed E-state index contributed by atoms with van der Waals surface area (Å²) in [6, 6.07) is 1.89. The summed E-state index contributed by atoms with van der Waals surface area (Å²) in [5, 5.41) is 0. The molecule has 1 aromatic heterocycles. The number of nitrogens with two attached hydrogens (primary N) is 1. The predicted octanol–water partition coefficient (Wildman–Crippen LogP) is 2.75. The van der Waals surface area contributed by atoms with Crippen molar-refractivity contribution in [3.63, 3.8) is 0 Å². The summed E-state index contributed by atoms with van der Waals surface area (Å²) in [6.07, 6.45) is 5.55. The van der Waals surface area contributed by atoms with Crippen molar-refractivity contribution in [3.05, 3.63) is 35.6 Å². The Labute approximate surface area is 121 Å². The second-order valence-electron chi connectivity index (χ2n) is 6.28. The average Bonchev–Trinajstić information content (AvgIpc) is 2.55. The quantitative estimate of drug-likeness (QED) is 0.861.